The zero-order chi connectivity index (χ0) is 16.9. The number of fused-ring (bicyclic) bond motifs is 1. The van der Waals surface area contributed by atoms with Crippen molar-refractivity contribution in [3.05, 3.63) is 35.4 Å². The third-order valence-electron chi connectivity index (χ3n) is 5.67. The molecule has 0 radical (unpaired) electrons. The monoisotopic (exact) mass is 401 g/mol. The summed E-state index contributed by atoms with van der Waals surface area (Å²) >= 11 is 0. The van der Waals surface area contributed by atoms with E-state index in [1.807, 2.05) is 0 Å². The van der Waals surface area contributed by atoms with Gasteiger partial charge >= 0.3 is 0 Å². The van der Waals surface area contributed by atoms with E-state index in [0.29, 0.717) is 5.91 Å². The molecular formula is C20H33Cl2N3O. The van der Waals surface area contributed by atoms with Gasteiger partial charge in [0.05, 0.1) is 6.04 Å². The van der Waals surface area contributed by atoms with Gasteiger partial charge in [-0.25, -0.2) is 0 Å². The summed E-state index contributed by atoms with van der Waals surface area (Å²) in [6.07, 6.45) is 3.32. The zero-order valence-corrected chi connectivity index (χ0v) is 17.6. The van der Waals surface area contributed by atoms with Gasteiger partial charge in [-0.1, -0.05) is 31.2 Å². The number of carbonyl (C=O) groups excluding carboxylic acids is 1. The molecular weight excluding hydrogens is 369 g/mol. The number of piperidine rings is 1. The van der Waals surface area contributed by atoms with Crippen LogP contribution in [0.5, 0.6) is 0 Å². The summed E-state index contributed by atoms with van der Waals surface area (Å²) in [7, 11) is 0. The van der Waals surface area contributed by atoms with E-state index in [-0.39, 0.29) is 30.9 Å². The molecule has 26 heavy (non-hydrogen) atoms. The molecule has 1 atom stereocenters. The first-order valence-electron chi connectivity index (χ1n) is 9.49. The Balaban J connectivity index is 0.00000169. The highest BCUT2D eigenvalue weighted by molar-refractivity contribution is 5.85. The molecule has 2 heterocycles. The maximum Gasteiger partial charge on any atom is 0.239 e. The Morgan fingerprint density at radius 2 is 1.81 bits per heavy atom. The zero-order valence-electron chi connectivity index (χ0n) is 15.9. The fourth-order valence-electron chi connectivity index (χ4n) is 3.97. The van der Waals surface area contributed by atoms with Gasteiger partial charge in [0.1, 0.15) is 0 Å². The third-order valence-corrected chi connectivity index (χ3v) is 5.67. The van der Waals surface area contributed by atoms with Gasteiger partial charge in [-0.05, 0) is 56.3 Å². The SMILES string of the molecule is CCNCC1CCN(C(=O)C(C)N2CCc3ccccc3C2)CC1.Cl.Cl. The van der Waals surface area contributed by atoms with Crippen molar-refractivity contribution < 1.29 is 4.79 Å². The minimum atomic E-state index is -0.0105. The molecule has 0 saturated carbocycles. The van der Waals surface area contributed by atoms with Crippen molar-refractivity contribution in [1.82, 2.24) is 15.1 Å². The first-order valence-corrected chi connectivity index (χ1v) is 9.49. The predicted molar refractivity (Wildman–Crippen MR) is 112 cm³/mol. The minimum absolute atomic E-state index is 0. The average molecular weight is 402 g/mol. The highest BCUT2D eigenvalue weighted by Crippen LogP contribution is 2.22. The summed E-state index contributed by atoms with van der Waals surface area (Å²) in [6, 6.07) is 8.62. The molecule has 6 heteroatoms. The Bertz CT molecular complexity index is 562. The Morgan fingerprint density at radius 3 is 2.46 bits per heavy atom. The van der Waals surface area contributed by atoms with Gasteiger partial charge in [-0.3, -0.25) is 9.69 Å². The topological polar surface area (TPSA) is 35.6 Å². The molecule has 148 valence electrons. The molecule has 1 amide bonds. The Labute approximate surface area is 170 Å². The number of nitrogens with zero attached hydrogens (tertiary/aromatic N) is 2. The van der Waals surface area contributed by atoms with Crippen molar-refractivity contribution in [3.8, 4) is 0 Å². The van der Waals surface area contributed by atoms with Crippen LogP contribution in [-0.2, 0) is 17.8 Å². The van der Waals surface area contributed by atoms with Gasteiger partial charge < -0.3 is 10.2 Å². The lowest BCUT2D eigenvalue weighted by molar-refractivity contribution is -0.138. The first-order chi connectivity index (χ1) is 11.7. The number of halogens is 2. The number of nitrogens with one attached hydrogen (secondary N) is 1. The van der Waals surface area contributed by atoms with Crippen molar-refractivity contribution in [2.24, 2.45) is 5.92 Å². The lowest BCUT2D eigenvalue weighted by Gasteiger charge is -2.38. The predicted octanol–water partition coefficient (Wildman–Crippen LogP) is 3.12. The van der Waals surface area contributed by atoms with Crippen LogP contribution >= 0.6 is 24.8 Å². The molecule has 1 fully saturated rings. The van der Waals surface area contributed by atoms with E-state index in [2.05, 4.69) is 53.2 Å². The highest BCUT2D eigenvalue weighted by atomic mass is 35.5. The van der Waals surface area contributed by atoms with Crippen LogP contribution in [0.15, 0.2) is 24.3 Å². The molecule has 2 aliphatic heterocycles. The van der Waals surface area contributed by atoms with Gasteiger partial charge in [0.25, 0.3) is 0 Å². The summed E-state index contributed by atoms with van der Waals surface area (Å²) in [4.78, 5) is 17.3. The molecule has 1 aromatic rings. The van der Waals surface area contributed by atoms with Crippen molar-refractivity contribution in [1.29, 1.82) is 0 Å². The molecule has 3 rings (SSSR count). The van der Waals surface area contributed by atoms with E-state index in [1.54, 1.807) is 0 Å². The number of rotatable bonds is 5. The van der Waals surface area contributed by atoms with Gasteiger partial charge in [0.2, 0.25) is 5.91 Å². The van der Waals surface area contributed by atoms with Crippen LogP contribution in [-0.4, -0.2) is 54.5 Å². The van der Waals surface area contributed by atoms with Crippen molar-refractivity contribution in [2.45, 2.75) is 45.7 Å². The van der Waals surface area contributed by atoms with Crippen LogP contribution in [0.4, 0.5) is 0 Å². The second-order valence-electron chi connectivity index (χ2n) is 7.24. The van der Waals surface area contributed by atoms with Gasteiger partial charge in [0.15, 0.2) is 0 Å². The lowest BCUT2D eigenvalue weighted by Crippen LogP contribution is -2.51. The number of benzene rings is 1. The molecule has 0 bridgehead atoms. The van der Waals surface area contributed by atoms with Crippen LogP contribution in [0.1, 0.15) is 37.8 Å². The summed E-state index contributed by atoms with van der Waals surface area (Å²) in [5, 5.41) is 3.43. The molecule has 1 saturated heterocycles. The maximum atomic E-state index is 12.9. The standard InChI is InChI=1S/C20H31N3O.2ClH/c1-3-21-14-17-8-11-22(12-9-17)20(24)16(2)23-13-10-18-6-4-5-7-19(18)15-23;;/h4-7,16-17,21H,3,8-15H2,1-2H3;2*1H. The number of hydrogen-bond donors (Lipinski definition) is 1. The maximum absolute atomic E-state index is 12.9. The number of amides is 1. The second kappa shape index (κ2) is 11.1. The molecule has 0 aliphatic carbocycles. The fraction of sp³-hybridized carbons (Fsp3) is 0.650. The highest BCUT2D eigenvalue weighted by Gasteiger charge is 2.30. The summed E-state index contributed by atoms with van der Waals surface area (Å²) in [5.74, 6) is 1.04. The van der Waals surface area contributed by atoms with Crippen LogP contribution in [0.2, 0.25) is 0 Å². The first kappa shape index (κ1) is 23.2. The Kier molecular flexibility index (Phi) is 9.94. The van der Waals surface area contributed by atoms with Crippen molar-refractivity contribution in [2.75, 3.05) is 32.7 Å². The van der Waals surface area contributed by atoms with E-state index >= 15 is 0 Å². The van der Waals surface area contributed by atoms with Gasteiger partial charge in [0, 0.05) is 26.2 Å². The quantitative estimate of drug-likeness (QED) is 0.822. The van der Waals surface area contributed by atoms with E-state index in [4.69, 9.17) is 0 Å². The average Bonchev–Trinajstić information content (AvgIpc) is 2.65. The van der Waals surface area contributed by atoms with Crippen LogP contribution in [0.3, 0.4) is 0 Å². The van der Waals surface area contributed by atoms with E-state index < -0.39 is 0 Å². The normalized spacial score (nSPS) is 19.1. The van der Waals surface area contributed by atoms with Crippen molar-refractivity contribution in [3.63, 3.8) is 0 Å². The fourth-order valence-corrected chi connectivity index (χ4v) is 3.97. The summed E-state index contributed by atoms with van der Waals surface area (Å²) in [6.45, 7) is 10.1. The largest absolute Gasteiger partial charge is 0.341 e. The summed E-state index contributed by atoms with van der Waals surface area (Å²) in [5.41, 5.74) is 2.82. The van der Waals surface area contributed by atoms with Crippen LogP contribution in [0.25, 0.3) is 0 Å². The third kappa shape index (κ3) is 5.59. The van der Waals surface area contributed by atoms with Crippen LogP contribution in [0, 0.1) is 5.92 Å². The van der Waals surface area contributed by atoms with E-state index in [0.717, 1.165) is 64.4 Å². The minimum Gasteiger partial charge on any atom is -0.341 e. The molecule has 0 spiro atoms. The van der Waals surface area contributed by atoms with Crippen LogP contribution < -0.4 is 5.32 Å². The number of likely N-dealkylation sites (tertiary alicyclic amines) is 1. The smallest absolute Gasteiger partial charge is 0.239 e. The Morgan fingerprint density at radius 1 is 1.15 bits per heavy atom. The number of carbonyl (C=O) groups is 1. The second-order valence-corrected chi connectivity index (χ2v) is 7.24. The Hall–Kier alpha value is -0.810. The molecule has 1 N–H and O–H groups in total. The van der Waals surface area contributed by atoms with Gasteiger partial charge in [-0.15, -0.1) is 24.8 Å². The molecule has 0 aromatic heterocycles. The molecule has 2 aliphatic rings. The molecule has 1 aromatic carbocycles. The van der Waals surface area contributed by atoms with Gasteiger partial charge in [-0.2, -0.15) is 0 Å². The summed E-state index contributed by atoms with van der Waals surface area (Å²) < 4.78 is 0. The van der Waals surface area contributed by atoms with Crippen molar-refractivity contribution >= 4 is 30.7 Å². The van der Waals surface area contributed by atoms with E-state index in [1.165, 1.54) is 11.1 Å². The van der Waals surface area contributed by atoms with E-state index in [9.17, 15) is 4.79 Å². The lowest BCUT2D eigenvalue weighted by atomic mass is 9.95. The molecule has 4 nitrogen and oxygen atoms in total. The molecule has 1 unspecified atom stereocenters. The number of hydrogen-bond acceptors (Lipinski definition) is 3.